The second-order valence-electron chi connectivity index (χ2n) is 6.66. The van der Waals surface area contributed by atoms with Crippen molar-refractivity contribution in [3.8, 4) is 0 Å². The number of aromatic nitrogens is 2. The van der Waals surface area contributed by atoms with Crippen LogP contribution in [-0.4, -0.2) is 20.7 Å². The number of amides is 1. The fourth-order valence-corrected chi connectivity index (χ4v) is 3.83. The van der Waals surface area contributed by atoms with Crippen molar-refractivity contribution in [3.63, 3.8) is 0 Å². The number of carbonyl (C=O) groups excluding carboxylic acids is 1. The Hall–Kier alpha value is -2.93. The van der Waals surface area contributed by atoms with E-state index in [1.807, 2.05) is 13.0 Å². The van der Waals surface area contributed by atoms with Gasteiger partial charge in [-0.1, -0.05) is 42.1 Å². The number of hydrogen-bond donors (Lipinski definition) is 1. The number of allylic oxidation sites excluding steroid dienone is 1. The lowest BCUT2D eigenvalue weighted by atomic mass is 10.1. The highest BCUT2D eigenvalue weighted by Crippen LogP contribution is 2.23. The SMILES string of the molecule is C=CCn1c(S[C@@H](C)C(=O)N[C@@H](C)c2ccc(F)cc2)nc2ccccc2c1=O. The molecular weight excluding hydrogens is 389 g/mol. The second-order valence-corrected chi connectivity index (χ2v) is 7.97. The van der Waals surface area contributed by atoms with E-state index in [4.69, 9.17) is 0 Å². The number of para-hydroxylation sites is 1. The largest absolute Gasteiger partial charge is 0.349 e. The van der Waals surface area contributed by atoms with E-state index >= 15 is 0 Å². The lowest BCUT2D eigenvalue weighted by Gasteiger charge is -2.19. The van der Waals surface area contributed by atoms with Gasteiger partial charge in [0.2, 0.25) is 5.91 Å². The quantitative estimate of drug-likeness (QED) is 0.361. The molecular formula is C22H22FN3O2S. The van der Waals surface area contributed by atoms with Crippen LogP contribution in [0, 0.1) is 5.82 Å². The number of carbonyl (C=O) groups is 1. The molecule has 2 atom stereocenters. The molecule has 0 fully saturated rings. The van der Waals surface area contributed by atoms with E-state index in [9.17, 15) is 14.0 Å². The molecule has 0 saturated heterocycles. The summed E-state index contributed by atoms with van der Waals surface area (Å²) in [6.07, 6.45) is 1.63. The van der Waals surface area contributed by atoms with Crippen LogP contribution in [0.4, 0.5) is 4.39 Å². The topological polar surface area (TPSA) is 64.0 Å². The third-order valence-electron chi connectivity index (χ3n) is 4.52. The molecule has 2 aromatic carbocycles. The Balaban J connectivity index is 1.81. The summed E-state index contributed by atoms with van der Waals surface area (Å²) in [4.78, 5) is 30.1. The molecule has 0 spiro atoms. The van der Waals surface area contributed by atoms with Crippen molar-refractivity contribution in [2.45, 2.75) is 36.8 Å². The lowest BCUT2D eigenvalue weighted by Crippen LogP contribution is -2.34. The van der Waals surface area contributed by atoms with Crippen LogP contribution in [0.15, 0.2) is 71.1 Å². The Kier molecular flexibility index (Phi) is 6.49. The van der Waals surface area contributed by atoms with Crippen molar-refractivity contribution < 1.29 is 9.18 Å². The van der Waals surface area contributed by atoms with Crippen molar-refractivity contribution in [2.24, 2.45) is 0 Å². The van der Waals surface area contributed by atoms with Crippen LogP contribution in [0.5, 0.6) is 0 Å². The molecule has 3 aromatic rings. The zero-order chi connectivity index (χ0) is 21.0. The maximum Gasteiger partial charge on any atom is 0.262 e. The Morgan fingerprint density at radius 2 is 1.93 bits per heavy atom. The van der Waals surface area contributed by atoms with Crippen LogP contribution in [0.3, 0.4) is 0 Å². The van der Waals surface area contributed by atoms with Crippen LogP contribution in [0.2, 0.25) is 0 Å². The van der Waals surface area contributed by atoms with Gasteiger partial charge in [0.05, 0.1) is 22.2 Å². The first-order valence-electron chi connectivity index (χ1n) is 9.23. The third kappa shape index (κ3) is 4.74. The molecule has 3 rings (SSSR count). The van der Waals surface area contributed by atoms with Gasteiger partial charge in [-0.2, -0.15) is 0 Å². The number of rotatable bonds is 7. The summed E-state index contributed by atoms with van der Waals surface area (Å²) in [6.45, 7) is 7.61. The molecule has 1 heterocycles. The van der Waals surface area contributed by atoms with Crippen LogP contribution in [-0.2, 0) is 11.3 Å². The summed E-state index contributed by atoms with van der Waals surface area (Å²) in [5.41, 5.74) is 1.24. The number of nitrogens with zero attached hydrogens (tertiary/aromatic N) is 2. The molecule has 0 saturated carbocycles. The first kappa shape index (κ1) is 20.8. The predicted molar refractivity (Wildman–Crippen MR) is 114 cm³/mol. The number of nitrogens with one attached hydrogen (secondary N) is 1. The molecule has 0 aliphatic heterocycles. The van der Waals surface area contributed by atoms with Crippen molar-refractivity contribution in [3.05, 3.63) is 82.9 Å². The molecule has 150 valence electrons. The normalized spacial score (nSPS) is 13.1. The van der Waals surface area contributed by atoms with Gasteiger partial charge in [0.15, 0.2) is 5.16 Å². The molecule has 1 aromatic heterocycles. The van der Waals surface area contributed by atoms with Gasteiger partial charge in [0, 0.05) is 6.54 Å². The monoisotopic (exact) mass is 411 g/mol. The molecule has 29 heavy (non-hydrogen) atoms. The Morgan fingerprint density at radius 3 is 2.62 bits per heavy atom. The van der Waals surface area contributed by atoms with Crippen LogP contribution in [0.25, 0.3) is 10.9 Å². The number of halogens is 1. The van der Waals surface area contributed by atoms with Crippen molar-refractivity contribution in [1.82, 2.24) is 14.9 Å². The molecule has 0 unspecified atom stereocenters. The zero-order valence-corrected chi connectivity index (χ0v) is 17.1. The number of benzene rings is 2. The molecule has 0 radical (unpaired) electrons. The molecule has 1 N–H and O–H groups in total. The van der Waals surface area contributed by atoms with E-state index in [1.54, 1.807) is 43.3 Å². The number of fused-ring (bicyclic) bond motifs is 1. The molecule has 7 heteroatoms. The fourth-order valence-electron chi connectivity index (χ4n) is 2.90. The Bertz CT molecular complexity index is 1100. The van der Waals surface area contributed by atoms with E-state index in [0.717, 1.165) is 5.56 Å². The van der Waals surface area contributed by atoms with Crippen LogP contribution < -0.4 is 10.9 Å². The first-order valence-corrected chi connectivity index (χ1v) is 10.1. The van der Waals surface area contributed by atoms with Gasteiger partial charge in [0.25, 0.3) is 5.56 Å². The summed E-state index contributed by atoms with van der Waals surface area (Å²) < 4.78 is 14.6. The molecule has 0 bridgehead atoms. The van der Waals surface area contributed by atoms with Crippen molar-refractivity contribution >= 4 is 28.6 Å². The summed E-state index contributed by atoms with van der Waals surface area (Å²) in [6, 6.07) is 12.9. The van der Waals surface area contributed by atoms with Gasteiger partial charge >= 0.3 is 0 Å². The Labute approximate surface area is 172 Å². The molecule has 0 aliphatic rings. The summed E-state index contributed by atoms with van der Waals surface area (Å²) >= 11 is 1.22. The summed E-state index contributed by atoms with van der Waals surface area (Å²) in [5, 5.41) is 3.43. The van der Waals surface area contributed by atoms with E-state index in [1.165, 1.54) is 28.5 Å². The maximum atomic E-state index is 13.1. The van der Waals surface area contributed by atoms with Gasteiger partial charge in [-0.25, -0.2) is 9.37 Å². The van der Waals surface area contributed by atoms with Crippen LogP contribution in [0.1, 0.15) is 25.5 Å². The summed E-state index contributed by atoms with van der Waals surface area (Å²) in [5.74, 6) is -0.516. The van der Waals surface area contributed by atoms with Gasteiger partial charge < -0.3 is 5.32 Å². The van der Waals surface area contributed by atoms with E-state index < -0.39 is 5.25 Å². The highest BCUT2D eigenvalue weighted by molar-refractivity contribution is 8.00. The van der Waals surface area contributed by atoms with Gasteiger partial charge in [0.1, 0.15) is 5.82 Å². The highest BCUT2D eigenvalue weighted by Gasteiger charge is 2.21. The van der Waals surface area contributed by atoms with Gasteiger partial charge in [-0.3, -0.25) is 14.2 Å². The minimum atomic E-state index is -0.484. The Morgan fingerprint density at radius 1 is 1.24 bits per heavy atom. The smallest absolute Gasteiger partial charge is 0.262 e. The number of thioether (sulfide) groups is 1. The van der Waals surface area contributed by atoms with Crippen molar-refractivity contribution in [1.29, 1.82) is 0 Å². The van der Waals surface area contributed by atoms with E-state index in [0.29, 0.717) is 22.6 Å². The molecule has 1 amide bonds. The average molecular weight is 412 g/mol. The third-order valence-corrected chi connectivity index (χ3v) is 5.61. The maximum absolute atomic E-state index is 13.1. The molecule has 0 aliphatic carbocycles. The van der Waals surface area contributed by atoms with Gasteiger partial charge in [-0.15, -0.1) is 6.58 Å². The number of hydrogen-bond acceptors (Lipinski definition) is 4. The van der Waals surface area contributed by atoms with Gasteiger partial charge in [-0.05, 0) is 43.7 Å². The second kappa shape index (κ2) is 9.05. The van der Waals surface area contributed by atoms with E-state index in [-0.39, 0.29) is 23.3 Å². The van der Waals surface area contributed by atoms with Crippen molar-refractivity contribution in [2.75, 3.05) is 0 Å². The first-order chi connectivity index (χ1) is 13.9. The van der Waals surface area contributed by atoms with Crippen LogP contribution >= 0.6 is 11.8 Å². The lowest BCUT2D eigenvalue weighted by molar-refractivity contribution is -0.120. The highest BCUT2D eigenvalue weighted by atomic mass is 32.2. The minimum Gasteiger partial charge on any atom is -0.349 e. The average Bonchev–Trinajstić information content (AvgIpc) is 2.71. The molecule has 5 nitrogen and oxygen atoms in total. The summed E-state index contributed by atoms with van der Waals surface area (Å²) in [7, 11) is 0. The predicted octanol–water partition coefficient (Wildman–Crippen LogP) is 4.08. The standard InChI is InChI=1S/C22H22FN3O2S/c1-4-13-26-21(28)18-7-5-6-8-19(18)25-22(26)29-15(3)20(27)24-14(2)16-9-11-17(23)12-10-16/h4-12,14-15H,1,13H2,2-3H3,(H,24,27)/t14-,15-/m0/s1. The fraction of sp³-hybridized carbons (Fsp3) is 0.227. The minimum absolute atomic E-state index is 0.162. The van der Waals surface area contributed by atoms with E-state index in [2.05, 4.69) is 16.9 Å². The zero-order valence-electron chi connectivity index (χ0n) is 16.3.